The largest absolute Gasteiger partial charge is 0.479 e. The summed E-state index contributed by atoms with van der Waals surface area (Å²) in [6.45, 7) is 7.44. The second-order valence-corrected chi connectivity index (χ2v) is 4.69. The van der Waals surface area contributed by atoms with Crippen LogP contribution in [0.2, 0.25) is 0 Å². The quantitative estimate of drug-likeness (QED) is 0.820. The van der Waals surface area contributed by atoms with Gasteiger partial charge in [-0.2, -0.15) is 5.26 Å². The zero-order valence-corrected chi connectivity index (χ0v) is 10.8. The van der Waals surface area contributed by atoms with Crippen LogP contribution in [-0.4, -0.2) is 12.1 Å². The summed E-state index contributed by atoms with van der Waals surface area (Å²) in [5, 5.41) is 11.9. The van der Waals surface area contributed by atoms with Crippen molar-refractivity contribution in [2.45, 2.75) is 39.3 Å². The zero-order valence-electron chi connectivity index (χ0n) is 10.8. The van der Waals surface area contributed by atoms with Gasteiger partial charge in [-0.05, 0) is 38.0 Å². The fourth-order valence-electron chi connectivity index (χ4n) is 1.33. The molecular formula is C14H20N2O. The summed E-state index contributed by atoms with van der Waals surface area (Å²) in [6.07, 6.45) is 1.08. The first kappa shape index (κ1) is 13.5. The first-order valence-corrected chi connectivity index (χ1v) is 5.91. The normalized spacial score (nSPS) is 10.9. The summed E-state index contributed by atoms with van der Waals surface area (Å²) in [4.78, 5) is 0. The van der Waals surface area contributed by atoms with Crippen LogP contribution in [-0.2, 0) is 6.54 Å². The van der Waals surface area contributed by atoms with Gasteiger partial charge in [0.1, 0.15) is 11.8 Å². The molecule has 0 aliphatic rings. The fraction of sp³-hybridized carbons (Fsp3) is 0.500. The number of ether oxygens (including phenoxy) is 1. The lowest BCUT2D eigenvalue weighted by molar-refractivity contribution is 0.363. The van der Waals surface area contributed by atoms with Gasteiger partial charge in [-0.3, -0.25) is 0 Å². The molecule has 1 N–H and O–H groups in total. The number of hydrogen-bond acceptors (Lipinski definition) is 3. The molecule has 0 spiro atoms. The van der Waals surface area contributed by atoms with Crippen molar-refractivity contribution in [3.8, 4) is 11.8 Å². The molecule has 1 rings (SSSR count). The first-order valence-electron chi connectivity index (χ1n) is 5.91. The van der Waals surface area contributed by atoms with E-state index >= 15 is 0 Å². The summed E-state index contributed by atoms with van der Waals surface area (Å²) in [7, 11) is 0. The van der Waals surface area contributed by atoms with Crippen LogP contribution in [0, 0.1) is 11.3 Å². The Kier molecular flexibility index (Phi) is 4.99. The van der Waals surface area contributed by atoms with E-state index in [4.69, 9.17) is 10.00 Å². The molecule has 0 saturated carbocycles. The third kappa shape index (κ3) is 4.88. The molecule has 1 aromatic rings. The van der Waals surface area contributed by atoms with Crippen LogP contribution in [0.15, 0.2) is 24.3 Å². The molecule has 0 heterocycles. The first-order chi connectivity index (χ1) is 8.07. The average molecular weight is 232 g/mol. The van der Waals surface area contributed by atoms with E-state index in [1.807, 2.05) is 24.3 Å². The van der Waals surface area contributed by atoms with Crippen LogP contribution in [0.5, 0.6) is 5.75 Å². The Morgan fingerprint density at radius 3 is 2.82 bits per heavy atom. The molecule has 0 aliphatic carbocycles. The molecule has 17 heavy (non-hydrogen) atoms. The molecule has 3 heteroatoms. The fourth-order valence-corrected chi connectivity index (χ4v) is 1.33. The van der Waals surface area contributed by atoms with Crippen LogP contribution in [0.1, 0.15) is 32.8 Å². The van der Waals surface area contributed by atoms with E-state index < -0.39 is 0 Å². The van der Waals surface area contributed by atoms with E-state index in [0.29, 0.717) is 0 Å². The van der Waals surface area contributed by atoms with Gasteiger partial charge in [0.05, 0.1) is 0 Å². The van der Waals surface area contributed by atoms with Gasteiger partial charge in [0.2, 0.25) is 0 Å². The monoisotopic (exact) mass is 232 g/mol. The van der Waals surface area contributed by atoms with Gasteiger partial charge in [-0.15, -0.1) is 0 Å². The lowest BCUT2D eigenvalue weighted by atomic mass is 10.0. The summed E-state index contributed by atoms with van der Waals surface area (Å²) < 4.78 is 5.27. The van der Waals surface area contributed by atoms with Gasteiger partial charge in [-0.25, -0.2) is 0 Å². The lowest BCUT2D eigenvalue weighted by Gasteiger charge is -2.24. The average Bonchev–Trinajstić information content (AvgIpc) is 2.35. The second kappa shape index (κ2) is 6.27. The van der Waals surface area contributed by atoms with Crippen LogP contribution >= 0.6 is 0 Å². The van der Waals surface area contributed by atoms with E-state index in [0.717, 1.165) is 18.7 Å². The molecular weight excluding hydrogens is 212 g/mol. The Labute approximate surface area is 103 Å². The van der Waals surface area contributed by atoms with Crippen molar-refractivity contribution < 1.29 is 4.74 Å². The standard InChI is InChI=1S/C14H20N2O/c1-4-14(2,3)16-11-12-6-5-7-13(10-12)17-9-8-15/h5-7,10,16H,4,9,11H2,1-3H3. The van der Waals surface area contributed by atoms with E-state index in [9.17, 15) is 0 Å². The molecule has 0 amide bonds. The number of nitrogens with one attached hydrogen (secondary N) is 1. The van der Waals surface area contributed by atoms with Crippen molar-refractivity contribution in [1.82, 2.24) is 5.32 Å². The number of benzene rings is 1. The minimum Gasteiger partial charge on any atom is -0.479 e. The highest BCUT2D eigenvalue weighted by molar-refractivity contribution is 5.28. The highest BCUT2D eigenvalue weighted by Crippen LogP contribution is 2.15. The third-order valence-electron chi connectivity index (χ3n) is 2.86. The van der Waals surface area contributed by atoms with Gasteiger partial charge < -0.3 is 10.1 Å². The van der Waals surface area contributed by atoms with Gasteiger partial charge in [0, 0.05) is 12.1 Å². The van der Waals surface area contributed by atoms with Gasteiger partial charge in [0.15, 0.2) is 6.61 Å². The van der Waals surface area contributed by atoms with Crippen molar-refractivity contribution in [2.24, 2.45) is 0 Å². The smallest absolute Gasteiger partial charge is 0.174 e. The van der Waals surface area contributed by atoms with E-state index in [-0.39, 0.29) is 12.1 Å². The molecule has 92 valence electrons. The molecule has 0 saturated heterocycles. The Morgan fingerprint density at radius 1 is 1.41 bits per heavy atom. The number of hydrogen-bond donors (Lipinski definition) is 1. The molecule has 0 atom stereocenters. The zero-order chi connectivity index (χ0) is 12.7. The number of rotatable bonds is 6. The molecule has 0 radical (unpaired) electrons. The summed E-state index contributed by atoms with van der Waals surface area (Å²) in [5.74, 6) is 0.750. The molecule has 0 bridgehead atoms. The van der Waals surface area contributed by atoms with E-state index in [1.54, 1.807) is 0 Å². The Morgan fingerprint density at radius 2 is 2.18 bits per heavy atom. The van der Waals surface area contributed by atoms with Crippen LogP contribution in [0.25, 0.3) is 0 Å². The maximum absolute atomic E-state index is 8.45. The van der Waals surface area contributed by atoms with Gasteiger partial charge >= 0.3 is 0 Å². The molecule has 0 aromatic heterocycles. The van der Waals surface area contributed by atoms with Crippen LogP contribution in [0.3, 0.4) is 0 Å². The topological polar surface area (TPSA) is 45.0 Å². The Hall–Kier alpha value is -1.53. The maximum atomic E-state index is 8.45. The highest BCUT2D eigenvalue weighted by Gasteiger charge is 2.13. The summed E-state index contributed by atoms with van der Waals surface area (Å²) >= 11 is 0. The van der Waals surface area contributed by atoms with Gasteiger partial charge in [-0.1, -0.05) is 19.1 Å². The summed E-state index contributed by atoms with van der Waals surface area (Å²) in [6, 6.07) is 9.80. The van der Waals surface area contributed by atoms with Crippen LogP contribution in [0.4, 0.5) is 0 Å². The van der Waals surface area contributed by atoms with Crippen molar-refractivity contribution >= 4 is 0 Å². The highest BCUT2D eigenvalue weighted by atomic mass is 16.5. The Balaban J connectivity index is 2.57. The Bertz CT molecular complexity index is 393. The minimum absolute atomic E-state index is 0.0946. The maximum Gasteiger partial charge on any atom is 0.174 e. The molecule has 0 fully saturated rings. The summed E-state index contributed by atoms with van der Waals surface area (Å²) in [5.41, 5.74) is 1.31. The van der Waals surface area contributed by atoms with Crippen molar-refractivity contribution in [1.29, 1.82) is 5.26 Å². The molecule has 3 nitrogen and oxygen atoms in total. The van der Waals surface area contributed by atoms with Gasteiger partial charge in [0.25, 0.3) is 0 Å². The number of nitrogens with zero attached hydrogens (tertiary/aromatic N) is 1. The minimum atomic E-state index is 0.0946. The van der Waals surface area contributed by atoms with Crippen molar-refractivity contribution in [3.05, 3.63) is 29.8 Å². The predicted octanol–water partition coefficient (Wildman–Crippen LogP) is 2.87. The second-order valence-electron chi connectivity index (χ2n) is 4.69. The lowest BCUT2D eigenvalue weighted by Crippen LogP contribution is -2.37. The van der Waals surface area contributed by atoms with E-state index in [1.165, 1.54) is 5.56 Å². The third-order valence-corrected chi connectivity index (χ3v) is 2.86. The SMILES string of the molecule is CCC(C)(C)NCc1cccc(OCC#N)c1. The molecule has 1 aromatic carbocycles. The molecule has 0 aliphatic heterocycles. The molecule has 0 unspecified atom stereocenters. The van der Waals surface area contributed by atoms with Crippen molar-refractivity contribution in [3.63, 3.8) is 0 Å². The number of nitriles is 1. The van der Waals surface area contributed by atoms with Crippen molar-refractivity contribution in [2.75, 3.05) is 6.61 Å². The van der Waals surface area contributed by atoms with E-state index in [2.05, 4.69) is 32.2 Å². The van der Waals surface area contributed by atoms with Crippen LogP contribution < -0.4 is 10.1 Å². The predicted molar refractivity (Wildman–Crippen MR) is 68.8 cm³/mol.